The lowest BCUT2D eigenvalue weighted by Gasteiger charge is -2.00. The standard InChI is InChI=1S/C14H27N3S/c1-4-5-6-7-8-9-10-11-18-14-15-13(12(2)3)16-17-14/h12H,4-11H2,1-3H3,(H,15,16,17). The van der Waals surface area contributed by atoms with Gasteiger partial charge in [-0.15, -0.1) is 5.10 Å². The minimum Gasteiger partial charge on any atom is -0.262 e. The second kappa shape index (κ2) is 9.42. The van der Waals surface area contributed by atoms with Crippen LogP contribution in [0, 0.1) is 0 Å². The fourth-order valence-corrected chi connectivity index (χ4v) is 2.61. The first kappa shape index (κ1) is 15.5. The van der Waals surface area contributed by atoms with Crippen LogP contribution >= 0.6 is 11.8 Å². The summed E-state index contributed by atoms with van der Waals surface area (Å²) in [6, 6.07) is 0. The molecule has 0 saturated carbocycles. The molecule has 1 N–H and O–H groups in total. The molecule has 1 aromatic rings. The molecule has 0 radical (unpaired) electrons. The number of H-pyrrole nitrogens is 1. The molecule has 1 heterocycles. The molecule has 0 fully saturated rings. The van der Waals surface area contributed by atoms with Gasteiger partial charge in [-0.2, -0.15) is 0 Å². The number of aromatic amines is 1. The van der Waals surface area contributed by atoms with Crippen LogP contribution in [0.2, 0.25) is 0 Å². The largest absolute Gasteiger partial charge is 0.262 e. The third kappa shape index (κ3) is 6.43. The van der Waals surface area contributed by atoms with Crippen LogP contribution in [0.4, 0.5) is 0 Å². The van der Waals surface area contributed by atoms with Crippen LogP contribution < -0.4 is 0 Å². The highest BCUT2D eigenvalue weighted by Gasteiger charge is 2.06. The number of nitrogens with zero attached hydrogens (tertiary/aromatic N) is 2. The molecule has 104 valence electrons. The second-order valence-corrected chi connectivity index (χ2v) is 6.19. The molecule has 0 amide bonds. The van der Waals surface area contributed by atoms with Gasteiger partial charge in [-0.1, -0.05) is 71.1 Å². The van der Waals surface area contributed by atoms with E-state index in [4.69, 9.17) is 0 Å². The van der Waals surface area contributed by atoms with E-state index in [0.29, 0.717) is 5.92 Å². The topological polar surface area (TPSA) is 41.6 Å². The van der Waals surface area contributed by atoms with Crippen molar-refractivity contribution in [1.29, 1.82) is 0 Å². The molecular weight excluding hydrogens is 242 g/mol. The number of hydrogen-bond donors (Lipinski definition) is 1. The van der Waals surface area contributed by atoms with Crippen molar-refractivity contribution in [3.63, 3.8) is 0 Å². The van der Waals surface area contributed by atoms with Crippen LogP contribution in [0.15, 0.2) is 5.16 Å². The average molecular weight is 269 g/mol. The van der Waals surface area contributed by atoms with Gasteiger partial charge in [0.2, 0.25) is 5.16 Å². The summed E-state index contributed by atoms with van der Waals surface area (Å²) < 4.78 is 0. The molecule has 0 atom stereocenters. The van der Waals surface area contributed by atoms with Gasteiger partial charge in [-0.3, -0.25) is 5.10 Å². The van der Waals surface area contributed by atoms with E-state index in [0.717, 1.165) is 16.7 Å². The Morgan fingerprint density at radius 1 is 1.06 bits per heavy atom. The lowest BCUT2D eigenvalue weighted by atomic mass is 10.1. The van der Waals surface area contributed by atoms with Gasteiger partial charge in [0.05, 0.1) is 0 Å². The van der Waals surface area contributed by atoms with E-state index < -0.39 is 0 Å². The summed E-state index contributed by atoms with van der Waals surface area (Å²) in [6.45, 7) is 6.52. The van der Waals surface area contributed by atoms with E-state index in [1.165, 1.54) is 44.9 Å². The summed E-state index contributed by atoms with van der Waals surface area (Å²) in [6.07, 6.45) is 9.54. The quantitative estimate of drug-likeness (QED) is 0.491. The summed E-state index contributed by atoms with van der Waals surface area (Å²) in [5.74, 6) is 2.57. The Bertz CT molecular complexity index is 310. The summed E-state index contributed by atoms with van der Waals surface area (Å²) in [7, 11) is 0. The molecule has 0 saturated heterocycles. The van der Waals surface area contributed by atoms with Gasteiger partial charge >= 0.3 is 0 Å². The summed E-state index contributed by atoms with van der Waals surface area (Å²) in [5.41, 5.74) is 0. The first-order valence-corrected chi connectivity index (χ1v) is 8.27. The van der Waals surface area contributed by atoms with E-state index in [1.54, 1.807) is 11.8 Å². The smallest absolute Gasteiger partial charge is 0.208 e. The molecule has 18 heavy (non-hydrogen) atoms. The van der Waals surface area contributed by atoms with Crippen LogP contribution in [0.3, 0.4) is 0 Å². The van der Waals surface area contributed by atoms with Crippen LogP contribution in [-0.4, -0.2) is 20.9 Å². The molecule has 0 bridgehead atoms. The zero-order valence-electron chi connectivity index (χ0n) is 12.0. The minimum atomic E-state index is 0.436. The molecule has 0 aliphatic carbocycles. The third-order valence-corrected chi connectivity index (χ3v) is 3.94. The average Bonchev–Trinajstić information content (AvgIpc) is 2.81. The Hall–Kier alpha value is -0.510. The summed E-state index contributed by atoms with van der Waals surface area (Å²) in [5, 5.41) is 8.13. The Labute approximate surface area is 116 Å². The monoisotopic (exact) mass is 269 g/mol. The van der Waals surface area contributed by atoms with E-state index in [9.17, 15) is 0 Å². The Balaban J connectivity index is 2.00. The van der Waals surface area contributed by atoms with Crippen molar-refractivity contribution in [1.82, 2.24) is 15.2 Å². The van der Waals surface area contributed by atoms with E-state index in [-0.39, 0.29) is 0 Å². The lowest BCUT2D eigenvalue weighted by Crippen LogP contribution is -1.89. The Kier molecular flexibility index (Phi) is 8.14. The van der Waals surface area contributed by atoms with Gasteiger partial charge in [-0.05, 0) is 6.42 Å². The highest BCUT2D eigenvalue weighted by Crippen LogP contribution is 2.18. The maximum absolute atomic E-state index is 4.46. The predicted octanol–water partition coefficient (Wildman–Crippen LogP) is 4.77. The predicted molar refractivity (Wildman–Crippen MR) is 79.2 cm³/mol. The van der Waals surface area contributed by atoms with Crippen molar-refractivity contribution in [3.8, 4) is 0 Å². The zero-order chi connectivity index (χ0) is 13.2. The SMILES string of the molecule is CCCCCCCCCSc1n[nH]c(C(C)C)n1. The van der Waals surface area contributed by atoms with Crippen molar-refractivity contribution in [2.45, 2.75) is 76.8 Å². The molecular formula is C14H27N3S. The van der Waals surface area contributed by atoms with Crippen molar-refractivity contribution in [2.24, 2.45) is 0 Å². The molecule has 1 aromatic heterocycles. The first-order valence-electron chi connectivity index (χ1n) is 7.29. The molecule has 0 aliphatic heterocycles. The van der Waals surface area contributed by atoms with Crippen LogP contribution in [-0.2, 0) is 0 Å². The van der Waals surface area contributed by atoms with Crippen molar-refractivity contribution in [3.05, 3.63) is 5.82 Å². The number of aromatic nitrogens is 3. The molecule has 0 aliphatic rings. The molecule has 0 spiro atoms. The van der Waals surface area contributed by atoms with Crippen LogP contribution in [0.1, 0.15) is 77.5 Å². The van der Waals surface area contributed by atoms with E-state index in [1.807, 2.05) is 0 Å². The fourth-order valence-electron chi connectivity index (χ4n) is 1.80. The van der Waals surface area contributed by atoms with Crippen LogP contribution in [0.25, 0.3) is 0 Å². The molecule has 0 aromatic carbocycles. The molecule has 0 unspecified atom stereocenters. The van der Waals surface area contributed by atoms with Gasteiger partial charge in [0, 0.05) is 11.7 Å². The molecule has 3 nitrogen and oxygen atoms in total. The number of unbranched alkanes of at least 4 members (excludes halogenated alkanes) is 6. The minimum absolute atomic E-state index is 0.436. The van der Waals surface area contributed by atoms with Gasteiger partial charge in [-0.25, -0.2) is 4.98 Å². The summed E-state index contributed by atoms with van der Waals surface area (Å²) >= 11 is 1.77. The second-order valence-electron chi connectivity index (χ2n) is 5.13. The van der Waals surface area contributed by atoms with Crippen LogP contribution in [0.5, 0.6) is 0 Å². The number of thioether (sulfide) groups is 1. The van der Waals surface area contributed by atoms with Crippen molar-refractivity contribution >= 4 is 11.8 Å². The van der Waals surface area contributed by atoms with Gasteiger partial charge in [0.25, 0.3) is 0 Å². The lowest BCUT2D eigenvalue weighted by molar-refractivity contribution is 0.603. The number of nitrogens with one attached hydrogen (secondary N) is 1. The summed E-state index contributed by atoms with van der Waals surface area (Å²) in [4.78, 5) is 4.46. The van der Waals surface area contributed by atoms with Gasteiger partial charge < -0.3 is 0 Å². The maximum atomic E-state index is 4.46. The van der Waals surface area contributed by atoms with Crippen molar-refractivity contribution in [2.75, 3.05) is 5.75 Å². The highest BCUT2D eigenvalue weighted by atomic mass is 32.2. The maximum Gasteiger partial charge on any atom is 0.208 e. The Morgan fingerprint density at radius 3 is 2.33 bits per heavy atom. The number of hydrogen-bond acceptors (Lipinski definition) is 3. The highest BCUT2D eigenvalue weighted by molar-refractivity contribution is 7.99. The zero-order valence-corrected chi connectivity index (χ0v) is 12.9. The fraction of sp³-hybridized carbons (Fsp3) is 0.857. The van der Waals surface area contributed by atoms with Gasteiger partial charge in [0.15, 0.2) is 0 Å². The molecule has 4 heteroatoms. The Morgan fingerprint density at radius 2 is 1.72 bits per heavy atom. The first-order chi connectivity index (χ1) is 8.74. The van der Waals surface area contributed by atoms with E-state index in [2.05, 4.69) is 36.0 Å². The molecule has 1 rings (SSSR count). The van der Waals surface area contributed by atoms with E-state index >= 15 is 0 Å². The number of rotatable bonds is 10. The normalized spacial score (nSPS) is 11.3. The van der Waals surface area contributed by atoms with Crippen molar-refractivity contribution < 1.29 is 0 Å². The third-order valence-electron chi connectivity index (χ3n) is 3.01. The van der Waals surface area contributed by atoms with Gasteiger partial charge in [0.1, 0.15) is 5.82 Å².